The number of aromatic amines is 1. The minimum atomic E-state index is -4.57. The number of piperazine rings is 1. The zero-order valence-corrected chi connectivity index (χ0v) is 38.4. The molecule has 3 aromatic carbocycles. The lowest BCUT2D eigenvalue weighted by molar-refractivity contribution is -0.384. The summed E-state index contributed by atoms with van der Waals surface area (Å²) in [6.45, 7) is 9.19. The van der Waals surface area contributed by atoms with E-state index >= 15 is 0 Å². The fraction of sp³-hybridized carbons (Fsp3) is 0.396. The number of benzene rings is 3. The Balaban J connectivity index is 0.963. The number of hydrogen-bond donors (Lipinski definition) is 3. The largest absolute Gasteiger partial charge is 0.381 e. The SMILES string of the molecule is CO[C@H]1CC[C@H](CNc2ccc(S(=O)(=O)NC(=O)c3ccc(N4CCN(CC5=C(c6ccc(Cl)cc6)CC(C)(C)CC5)CC4)cc3-n3ncc4nc5[nH]ccc5cc43)cc2[N+](=O)[O-])CC1. The molecule has 0 radical (unpaired) electrons. The van der Waals surface area contributed by atoms with Gasteiger partial charge in [-0.15, -0.1) is 0 Å². The fourth-order valence-electron chi connectivity index (χ4n) is 9.64. The number of ether oxygens (including phenoxy) is 1. The van der Waals surface area contributed by atoms with Gasteiger partial charge in [0, 0.05) is 74.7 Å². The molecule has 1 saturated carbocycles. The molecule has 1 amide bonds. The number of pyridine rings is 1. The average molecular weight is 921 g/mol. The summed E-state index contributed by atoms with van der Waals surface area (Å²) in [6, 6.07) is 21.0. The molecule has 6 aromatic rings. The van der Waals surface area contributed by atoms with Gasteiger partial charge in [-0.05, 0) is 122 Å². The van der Waals surface area contributed by atoms with E-state index in [1.165, 1.54) is 28.8 Å². The number of rotatable bonds is 13. The highest BCUT2D eigenvalue weighted by Crippen LogP contribution is 2.43. The third-order valence-electron chi connectivity index (χ3n) is 13.5. The van der Waals surface area contributed by atoms with E-state index in [0.29, 0.717) is 34.8 Å². The predicted octanol–water partition coefficient (Wildman–Crippen LogP) is 8.99. The number of fused-ring (bicyclic) bond motifs is 2. The number of anilines is 2. The highest BCUT2D eigenvalue weighted by atomic mass is 35.5. The van der Waals surface area contributed by atoms with Gasteiger partial charge in [0.15, 0.2) is 0 Å². The number of nitrogens with one attached hydrogen (secondary N) is 3. The third-order valence-corrected chi connectivity index (χ3v) is 15.0. The van der Waals surface area contributed by atoms with E-state index in [-0.39, 0.29) is 22.8 Å². The van der Waals surface area contributed by atoms with Crippen LogP contribution in [0.4, 0.5) is 17.1 Å². The normalized spacial score (nSPS) is 19.5. The van der Waals surface area contributed by atoms with Crippen LogP contribution in [-0.2, 0) is 14.8 Å². The minimum absolute atomic E-state index is 0.0491. The number of aromatic nitrogens is 4. The monoisotopic (exact) mass is 919 g/mol. The average Bonchev–Trinajstić information content (AvgIpc) is 3.94. The molecule has 4 heterocycles. The summed E-state index contributed by atoms with van der Waals surface area (Å²) in [7, 11) is -2.86. The minimum Gasteiger partial charge on any atom is -0.381 e. The zero-order chi connectivity index (χ0) is 45.5. The molecule has 340 valence electrons. The van der Waals surface area contributed by atoms with Gasteiger partial charge in [-0.25, -0.2) is 22.8 Å². The number of methoxy groups -OCH3 is 1. The van der Waals surface area contributed by atoms with Crippen LogP contribution in [0.3, 0.4) is 0 Å². The number of nitro groups is 1. The lowest BCUT2D eigenvalue weighted by Gasteiger charge is -2.39. The molecule has 0 atom stereocenters. The van der Waals surface area contributed by atoms with Crippen LogP contribution in [-0.4, -0.2) is 96.4 Å². The smallest absolute Gasteiger partial charge is 0.293 e. The van der Waals surface area contributed by atoms with Crippen LogP contribution in [0.15, 0.2) is 95.7 Å². The molecule has 2 aliphatic carbocycles. The van der Waals surface area contributed by atoms with Crippen LogP contribution in [0.1, 0.15) is 74.7 Å². The summed E-state index contributed by atoms with van der Waals surface area (Å²) >= 11 is 6.26. The van der Waals surface area contributed by atoms with E-state index in [2.05, 4.69) is 55.9 Å². The number of nitrogens with zero attached hydrogens (tertiary/aromatic N) is 6. The second-order valence-corrected chi connectivity index (χ2v) is 20.5. The lowest BCUT2D eigenvalue weighted by atomic mass is 9.72. The van der Waals surface area contributed by atoms with Crippen molar-refractivity contribution in [1.29, 1.82) is 0 Å². The number of carbonyl (C=O) groups excluding carboxylic acids is 1. The van der Waals surface area contributed by atoms with Gasteiger partial charge in [-0.1, -0.05) is 43.2 Å². The maximum absolute atomic E-state index is 14.2. The molecule has 0 unspecified atom stereocenters. The van der Waals surface area contributed by atoms with Crippen molar-refractivity contribution in [3.05, 3.63) is 117 Å². The number of nitro benzene ring substituents is 1. The molecule has 2 fully saturated rings. The van der Waals surface area contributed by atoms with E-state index < -0.39 is 31.4 Å². The lowest BCUT2D eigenvalue weighted by Crippen LogP contribution is -2.47. The summed E-state index contributed by atoms with van der Waals surface area (Å²) in [4.78, 5) is 38.0. The Morgan fingerprint density at radius 3 is 2.51 bits per heavy atom. The van der Waals surface area contributed by atoms with Gasteiger partial charge in [0.25, 0.3) is 21.6 Å². The number of carbonyl (C=O) groups is 1. The Morgan fingerprint density at radius 1 is 1.00 bits per heavy atom. The molecule has 9 rings (SSSR count). The van der Waals surface area contributed by atoms with Crippen LogP contribution < -0.4 is 14.9 Å². The Kier molecular flexibility index (Phi) is 12.4. The molecular weight excluding hydrogens is 866 g/mol. The number of amides is 1. The van der Waals surface area contributed by atoms with Gasteiger partial charge < -0.3 is 19.9 Å². The zero-order valence-electron chi connectivity index (χ0n) is 36.8. The number of H-pyrrole nitrogens is 1. The van der Waals surface area contributed by atoms with Crippen molar-refractivity contribution in [2.24, 2.45) is 11.3 Å². The van der Waals surface area contributed by atoms with Gasteiger partial charge >= 0.3 is 0 Å². The maximum atomic E-state index is 14.2. The molecule has 1 saturated heterocycles. The molecule has 65 heavy (non-hydrogen) atoms. The molecule has 1 aliphatic heterocycles. The van der Waals surface area contributed by atoms with Crippen molar-refractivity contribution in [3.8, 4) is 5.69 Å². The van der Waals surface area contributed by atoms with Crippen molar-refractivity contribution in [2.75, 3.05) is 56.6 Å². The Morgan fingerprint density at radius 2 is 1.77 bits per heavy atom. The topological polar surface area (TPSA) is 181 Å². The second-order valence-electron chi connectivity index (χ2n) is 18.4. The molecule has 3 aliphatic rings. The van der Waals surface area contributed by atoms with E-state index in [9.17, 15) is 23.3 Å². The van der Waals surface area contributed by atoms with Gasteiger partial charge in [0.05, 0.1) is 38.9 Å². The van der Waals surface area contributed by atoms with Crippen LogP contribution in [0, 0.1) is 21.4 Å². The third kappa shape index (κ3) is 9.62. The summed E-state index contributed by atoms with van der Waals surface area (Å²) < 4.78 is 37.0. The van der Waals surface area contributed by atoms with Gasteiger partial charge in [-0.3, -0.25) is 19.8 Å². The van der Waals surface area contributed by atoms with Crippen molar-refractivity contribution in [3.63, 3.8) is 0 Å². The Labute approximate surface area is 383 Å². The van der Waals surface area contributed by atoms with Crippen LogP contribution >= 0.6 is 11.6 Å². The number of sulfonamides is 1. The van der Waals surface area contributed by atoms with E-state index in [1.54, 1.807) is 30.3 Å². The highest BCUT2D eigenvalue weighted by Gasteiger charge is 2.31. The van der Waals surface area contributed by atoms with E-state index in [0.717, 1.165) is 99.8 Å². The van der Waals surface area contributed by atoms with E-state index in [4.69, 9.17) is 21.3 Å². The summed E-state index contributed by atoms with van der Waals surface area (Å²) in [6.07, 6.45) is 10.5. The second kappa shape index (κ2) is 18.2. The van der Waals surface area contributed by atoms with Gasteiger partial charge in [-0.2, -0.15) is 5.10 Å². The van der Waals surface area contributed by atoms with Crippen molar-refractivity contribution >= 4 is 72.2 Å². The molecule has 3 N–H and O–H groups in total. The molecule has 0 bridgehead atoms. The van der Waals surface area contributed by atoms with Crippen molar-refractivity contribution in [2.45, 2.75) is 69.8 Å². The Bertz CT molecular complexity index is 2900. The van der Waals surface area contributed by atoms with Crippen molar-refractivity contribution < 1.29 is 22.9 Å². The first-order chi connectivity index (χ1) is 31.2. The fourth-order valence-corrected chi connectivity index (χ4v) is 10.8. The number of halogens is 1. The number of hydrogen-bond acceptors (Lipinski definition) is 11. The molecule has 15 nitrogen and oxygen atoms in total. The summed E-state index contributed by atoms with van der Waals surface area (Å²) in [5.41, 5.74) is 7.31. The molecule has 3 aromatic heterocycles. The van der Waals surface area contributed by atoms with Crippen molar-refractivity contribution in [1.82, 2.24) is 29.4 Å². The molecule has 0 spiro atoms. The van der Waals surface area contributed by atoms with Crippen LogP contribution in [0.2, 0.25) is 5.02 Å². The van der Waals surface area contributed by atoms with E-state index in [1.807, 2.05) is 36.4 Å². The Hall–Kier alpha value is -5.81. The highest BCUT2D eigenvalue weighted by molar-refractivity contribution is 7.90. The van der Waals surface area contributed by atoms with Gasteiger partial charge in [0.1, 0.15) is 16.9 Å². The summed E-state index contributed by atoms with van der Waals surface area (Å²) in [5, 5.41) is 21.6. The standard InChI is InChI=1S/C48H54ClN9O6S/c1-48(2)18-16-34(40(27-48)32-6-8-35(49)9-7-32)30-55-20-22-56(23-21-55)36-10-14-39(43(25-36)57-44-24-33-17-19-50-46(33)53-42(44)29-52-57)47(59)54-65(62,63)38-13-15-41(45(26-38)58(60)61)51-28-31-4-11-37(64-3)12-5-31/h6-10,13-15,17,19,24-26,29,31,37,51H,4-5,11-12,16,18,20-23,27-28,30H2,1-3H3,(H,50,53)(H,54,59)/t31-,37-. The summed E-state index contributed by atoms with van der Waals surface area (Å²) in [5.74, 6) is -0.606. The van der Waals surface area contributed by atoms with Gasteiger partial charge in [0.2, 0.25) is 0 Å². The molecular formula is C48H54ClN9O6S. The maximum Gasteiger partial charge on any atom is 0.293 e. The first kappa shape index (κ1) is 44.4. The first-order valence-electron chi connectivity index (χ1n) is 22.3. The predicted molar refractivity (Wildman–Crippen MR) is 254 cm³/mol. The quantitative estimate of drug-likeness (QED) is 0.0743. The molecule has 17 heteroatoms. The van der Waals surface area contributed by atoms with Crippen LogP contribution in [0.25, 0.3) is 33.3 Å². The van der Waals surface area contributed by atoms with Crippen LogP contribution in [0.5, 0.6) is 0 Å². The first-order valence-corrected chi connectivity index (χ1v) is 24.1. The number of allylic oxidation sites excluding steroid dienone is 1.